The standard InChI is InChI=1S/C24H33N3O6S/c1-16(2)9-13-32-18-7-5-17(6-8-18)22(29)26-24(34)27-11-10-25-23(30)20(27)14-21(28)33-15-19-4-3-12-31-19/h5-8,16,19-20H,3-4,9-15H2,1-2H3,(H,25,30)(H,26,29,34). The van der Waals surface area contributed by atoms with E-state index in [9.17, 15) is 14.4 Å². The molecule has 2 unspecified atom stereocenters. The molecule has 10 heteroatoms. The highest BCUT2D eigenvalue weighted by molar-refractivity contribution is 7.80. The van der Waals surface area contributed by atoms with Gasteiger partial charge in [-0.25, -0.2) is 0 Å². The number of amides is 2. The maximum Gasteiger partial charge on any atom is 0.308 e. The van der Waals surface area contributed by atoms with Gasteiger partial charge in [0.05, 0.1) is 19.1 Å². The summed E-state index contributed by atoms with van der Waals surface area (Å²) in [6, 6.07) is 5.94. The summed E-state index contributed by atoms with van der Waals surface area (Å²) in [6.45, 7) is 6.45. The smallest absolute Gasteiger partial charge is 0.308 e. The van der Waals surface area contributed by atoms with Gasteiger partial charge in [-0.05, 0) is 61.7 Å². The van der Waals surface area contributed by atoms with Crippen LogP contribution in [0.15, 0.2) is 24.3 Å². The number of nitrogens with one attached hydrogen (secondary N) is 2. The lowest BCUT2D eigenvalue weighted by molar-refractivity contribution is -0.150. The molecule has 2 aliphatic heterocycles. The molecule has 9 nitrogen and oxygen atoms in total. The van der Waals surface area contributed by atoms with Gasteiger partial charge in [0.25, 0.3) is 5.91 Å². The van der Waals surface area contributed by atoms with E-state index in [2.05, 4.69) is 24.5 Å². The minimum Gasteiger partial charge on any atom is -0.494 e. The summed E-state index contributed by atoms with van der Waals surface area (Å²) >= 11 is 5.41. The maximum absolute atomic E-state index is 12.7. The number of thiocarbonyl (C=S) groups is 1. The molecule has 0 aromatic heterocycles. The quantitative estimate of drug-likeness (QED) is 0.399. The minimum absolute atomic E-state index is 0.0902. The summed E-state index contributed by atoms with van der Waals surface area (Å²) in [5.41, 5.74) is 0.410. The van der Waals surface area contributed by atoms with Crippen LogP contribution < -0.4 is 15.4 Å². The molecule has 2 heterocycles. The fraction of sp³-hybridized carbons (Fsp3) is 0.583. The van der Waals surface area contributed by atoms with E-state index >= 15 is 0 Å². The Labute approximate surface area is 205 Å². The van der Waals surface area contributed by atoms with Crippen LogP contribution in [0.5, 0.6) is 5.75 Å². The predicted octanol–water partition coefficient (Wildman–Crippen LogP) is 2.04. The van der Waals surface area contributed by atoms with E-state index in [-0.39, 0.29) is 30.2 Å². The molecule has 2 saturated heterocycles. The van der Waals surface area contributed by atoms with Crippen LogP contribution in [-0.4, -0.2) is 72.9 Å². The zero-order valence-corrected chi connectivity index (χ0v) is 20.5. The van der Waals surface area contributed by atoms with E-state index in [1.165, 1.54) is 0 Å². The number of rotatable bonds is 9. The zero-order chi connectivity index (χ0) is 24.5. The van der Waals surface area contributed by atoms with Crippen molar-refractivity contribution in [3.05, 3.63) is 29.8 Å². The Morgan fingerprint density at radius 1 is 1.29 bits per heavy atom. The van der Waals surface area contributed by atoms with Gasteiger partial charge in [-0.1, -0.05) is 13.8 Å². The van der Waals surface area contributed by atoms with Crippen LogP contribution in [0.2, 0.25) is 0 Å². The molecule has 2 atom stereocenters. The van der Waals surface area contributed by atoms with Gasteiger partial charge in [-0.15, -0.1) is 0 Å². The first-order valence-corrected chi connectivity index (χ1v) is 12.1. The van der Waals surface area contributed by atoms with Gasteiger partial charge in [0.15, 0.2) is 5.11 Å². The average Bonchev–Trinajstić information content (AvgIpc) is 3.33. The predicted molar refractivity (Wildman–Crippen MR) is 130 cm³/mol. The van der Waals surface area contributed by atoms with E-state index in [0.29, 0.717) is 43.5 Å². The Balaban J connectivity index is 1.53. The first-order chi connectivity index (χ1) is 16.3. The van der Waals surface area contributed by atoms with Crippen molar-refractivity contribution in [1.29, 1.82) is 0 Å². The van der Waals surface area contributed by atoms with Crippen LogP contribution in [0.1, 0.15) is 49.9 Å². The minimum atomic E-state index is -0.852. The second-order valence-electron chi connectivity index (χ2n) is 8.84. The summed E-state index contributed by atoms with van der Waals surface area (Å²) < 4.78 is 16.4. The topological polar surface area (TPSA) is 106 Å². The van der Waals surface area contributed by atoms with Crippen LogP contribution in [-0.2, 0) is 19.1 Å². The monoisotopic (exact) mass is 491 g/mol. The van der Waals surface area contributed by atoms with Gasteiger partial charge in [0.1, 0.15) is 18.4 Å². The van der Waals surface area contributed by atoms with Gasteiger partial charge in [0, 0.05) is 25.3 Å². The summed E-state index contributed by atoms with van der Waals surface area (Å²) in [7, 11) is 0. The number of piperazine rings is 1. The summed E-state index contributed by atoms with van der Waals surface area (Å²) in [5.74, 6) is -0.00189. The molecule has 2 N–H and O–H groups in total. The molecule has 1 aromatic carbocycles. The average molecular weight is 492 g/mol. The molecule has 34 heavy (non-hydrogen) atoms. The molecule has 2 fully saturated rings. The molecule has 2 aliphatic rings. The van der Waals surface area contributed by atoms with E-state index in [0.717, 1.165) is 19.3 Å². The number of nitrogens with zero attached hydrogens (tertiary/aromatic N) is 1. The van der Waals surface area contributed by atoms with Crippen molar-refractivity contribution in [2.45, 2.75) is 51.7 Å². The van der Waals surface area contributed by atoms with E-state index in [1.807, 2.05) is 0 Å². The number of esters is 1. The van der Waals surface area contributed by atoms with Crippen molar-refractivity contribution in [3.8, 4) is 5.75 Å². The first-order valence-electron chi connectivity index (χ1n) is 11.7. The second kappa shape index (κ2) is 12.7. The largest absolute Gasteiger partial charge is 0.494 e. The third-order valence-corrected chi connectivity index (χ3v) is 6.04. The molecule has 0 spiro atoms. The van der Waals surface area contributed by atoms with Gasteiger partial charge < -0.3 is 24.4 Å². The van der Waals surface area contributed by atoms with Crippen molar-refractivity contribution >= 4 is 35.1 Å². The lowest BCUT2D eigenvalue weighted by Crippen LogP contribution is -2.60. The zero-order valence-electron chi connectivity index (χ0n) is 19.7. The Morgan fingerprint density at radius 3 is 2.74 bits per heavy atom. The number of carbonyl (C=O) groups is 3. The molecule has 0 bridgehead atoms. The summed E-state index contributed by atoms with van der Waals surface area (Å²) in [6.07, 6.45) is 2.49. The molecule has 0 radical (unpaired) electrons. The molecule has 1 aromatic rings. The second-order valence-corrected chi connectivity index (χ2v) is 9.22. The third-order valence-electron chi connectivity index (χ3n) is 5.71. The van der Waals surface area contributed by atoms with Crippen LogP contribution in [0, 0.1) is 5.92 Å². The Morgan fingerprint density at radius 2 is 2.06 bits per heavy atom. The number of carbonyl (C=O) groups excluding carboxylic acids is 3. The van der Waals surface area contributed by atoms with E-state index in [1.54, 1.807) is 29.2 Å². The molecule has 3 rings (SSSR count). The van der Waals surface area contributed by atoms with Crippen LogP contribution in [0.25, 0.3) is 0 Å². The van der Waals surface area contributed by atoms with E-state index in [4.69, 9.17) is 26.4 Å². The summed E-state index contributed by atoms with van der Waals surface area (Å²) in [4.78, 5) is 39.1. The van der Waals surface area contributed by atoms with Crippen molar-refractivity contribution in [2.24, 2.45) is 5.92 Å². The van der Waals surface area contributed by atoms with Gasteiger partial charge in [-0.3, -0.25) is 19.7 Å². The van der Waals surface area contributed by atoms with Crippen molar-refractivity contribution in [2.75, 3.05) is 32.9 Å². The molecule has 0 aliphatic carbocycles. The first kappa shape index (κ1) is 25.9. The fourth-order valence-corrected chi connectivity index (χ4v) is 4.01. The fourth-order valence-electron chi connectivity index (χ4n) is 3.70. The molecule has 0 saturated carbocycles. The highest BCUT2D eigenvalue weighted by Gasteiger charge is 2.34. The highest BCUT2D eigenvalue weighted by Crippen LogP contribution is 2.16. The van der Waals surface area contributed by atoms with Crippen LogP contribution in [0.4, 0.5) is 0 Å². The normalized spacial score (nSPS) is 20.1. The molecular formula is C24H33N3O6S. The Kier molecular flexibility index (Phi) is 9.64. The summed E-state index contributed by atoms with van der Waals surface area (Å²) in [5, 5.41) is 5.50. The highest BCUT2D eigenvalue weighted by atomic mass is 32.1. The SMILES string of the molecule is CC(C)CCOc1ccc(C(=O)NC(=S)N2CCNC(=O)C2CC(=O)OCC2CCCO2)cc1. The molecular weight excluding hydrogens is 458 g/mol. The number of benzene rings is 1. The van der Waals surface area contributed by atoms with Crippen molar-refractivity contribution < 1.29 is 28.6 Å². The van der Waals surface area contributed by atoms with Crippen LogP contribution >= 0.6 is 12.2 Å². The number of hydrogen-bond acceptors (Lipinski definition) is 7. The van der Waals surface area contributed by atoms with E-state index < -0.39 is 17.9 Å². The van der Waals surface area contributed by atoms with Gasteiger partial charge in [-0.2, -0.15) is 0 Å². The lowest BCUT2D eigenvalue weighted by atomic mass is 10.1. The third kappa shape index (κ3) is 7.66. The lowest BCUT2D eigenvalue weighted by Gasteiger charge is -2.36. The van der Waals surface area contributed by atoms with Crippen molar-refractivity contribution in [3.63, 3.8) is 0 Å². The maximum atomic E-state index is 12.7. The van der Waals surface area contributed by atoms with Gasteiger partial charge in [0.2, 0.25) is 5.91 Å². The van der Waals surface area contributed by atoms with Crippen LogP contribution in [0.3, 0.4) is 0 Å². The number of hydrogen-bond donors (Lipinski definition) is 2. The number of ether oxygens (including phenoxy) is 3. The Hall–Kier alpha value is -2.72. The molecule has 186 valence electrons. The van der Waals surface area contributed by atoms with Crippen molar-refractivity contribution in [1.82, 2.24) is 15.5 Å². The van der Waals surface area contributed by atoms with Gasteiger partial charge >= 0.3 is 5.97 Å². The molecule has 2 amide bonds. The Bertz CT molecular complexity index is 870.